The van der Waals surface area contributed by atoms with Crippen LogP contribution in [0, 0.1) is 0 Å². The van der Waals surface area contributed by atoms with E-state index in [0.29, 0.717) is 36.0 Å². The van der Waals surface area contributed by atoms with Gasteiger partial charge in [-0.3, -0.25) is 0 Å². The smallest absolute Gasteiger partial charge is 0.250 e. The molecule has 1 fully saturated rings. The van der Waals surface area contributed by atoms with E-state index in [1.807, 2.05) is 78.9 Å². The van der Waals surface area contributed by atoms with Gasteiger partial charge in [0.1, 0.15) is 6.61 Å². The second kappa shape index (κ2) is 12.5. The van der Waals surface area contributed by atoms with E-state index in [9.17, 15) is 0 Å². The summed E-state index contributed by atoms with van der Waals surface area (Å²) >= 11 is 0. The van der Waals surface area contributed by atoms with Gasteiger partial charge in [-0.1, -0.05) is 48.5 Å². The Balaban J connectivity index is 1.29. The first-order chi connectivity index (χ1) is 18.8. The van der Waals surface area contributed by atoms with Crippen LogP contribution in [0.3, 0.4) is 0 Å². The molecule has 0 spiro atoms. The van der Waals surface area contributed by atoms with E-state index in [4.69, 9.17) is 9.47 Å². The SMILES string of the molecule is COc1cc(/C=N\Nc2nc(Nc3ccccc3)nc(N3CCCCC3)n2)ccc1OCc1ccccc1. The highest BCUT2D eigenvalue weighted by atomic mass is 16.5. The number of nitrogens with one attached hydrogen (secondary N) is 2. The van der Waals surface area contributed by atoms with Gasteiger partial charge in [0, 0.05) is 18.8 Å². The number of rotatable bonds is 10. The van der Waals surface area contributed by atoms with Gasteiger partial charge in [-0.25, -0.2) is 5.43 Å². The lowest BCUT2D eigenvalue weighted by Gasteiger charge is -2.26. The highest BCUT2D eigenvalue weighted by molar-refractivity contribution is 5.81. The summed E-state index contributed by atoms with van der Waals surface area (Å²) in [6, 6.07) is 25.5. The van der Waals surface area contributed by atoms with Crippen LogP contribution in [0.1, 0.15) is 30.4 Å². The van der Waals surface area contributed by atoms with Crippen molar-refractivity contribution in [3.8, 4) is 11.5 Å². The summed E-state index contributed by atoms with van der Waals surface area (Å²) in [6.45, 7) is 2.32. The Morgan fingerprint density at radius 2 is 1.58 bits per heavy atom. The quantitative estimate of drug-likeness (QED) is 0.209. The largest absolute Gasteiger partial charge is 0.493 e. The summed E-state index contributed by atoms with van der Waals surface area (Å²) in [6.07, 6.45) is 5.17. The monoisotopic (exact) mass is 509 g/mol. The molecule has 9 heteroatoms. The van der Waals surface area contributed by atoms with Crippen LogP contribution in [0.25, 0.3) is 0 Å². The van der Waals surface area contributed by atoms with Gasteiger partial charge in [0.25, 0.3) is 0 Å². The Kier molecular flexibility index (Phi) is 8.25. The van der Waals surface area contributed by atoms with Crippen molar-refractivity contribution < 1.29 is 9.47 Å². The topological polar surface area (TPSA) is 96.8 Å². The Morgan fingerprint density at radius 3 is 2.34 bits per heavy atom. The molecule has 9 nitrogen and oxygen atoms in total. The zero-order valence-corrected chi connectivity index (χ0v) is 21.4. The first-order valence-electron chi connectivity index (χ1n) is 12.7. The first kappa shape index (κ1) is 25.0. The molecule has 38 heavy (non-hydrogen) atoms. The van der Waals surface area contributed by atoms with E-state index < -0.39 is 0 Å². The number of ether oxygens (including phenoxy) is 2. The summed E-state index contributed by atoms with van der Waals surface area (Å²) in [5, 5.41) is 7.64. The van der Waals surface area contributed by atoms with Crippen LogP contribution >= 0.6 is 0 Å². The predicted octanol–water partition coefficient (Wildman–Crippen LogP) is 5.64. The van der Waals surface area contributed by atoms with Crippen LogP contribution in [0.15, 0.2) is 84.0 Å². The molecule has 0 amide bonds. The molecule has 1 aliphatic heterocycles. The van der Waals surface area contributed by atoms with E-state index in [1.165, 1.54) is 6.42 Å². The lowest BCUT2D eigenvalue weighted by atomic mass is 10.1. The summed E-state index contributed by atoms with van der Waals surface area (Å²) < 4.78 is 11.5. The van der Waals surface area contributed by atoms with Gasteiger partial charge < -0.3 is 19.7 Å². The molecule has 0 saturated carbocycles. The number of nitrogens with zero attached hydrogens (tertiary/aromatic N) is 5. The van der Waals surface area contributed by atoms with Crippen LogP contribution in [-0.4, -0.2) is 41.4 Å². The summed E-state index contributed by atoms with van der Waals surface area (Å²) in [7, 11) is 1.62. The van der Waals surface area contributed by atoms with Gasteiger partial charge in [-0.05, 0) is 60.7 Å². The molecule has 0 radical (unpaired) electrons. The molecule has 2 heterocycles. The van der Waals surface area contributed by atoms with Crippen molar-refractivity contribution in [1.82, 2.24) is 15.0 Å². The van der Waals surface area contributed by atoms with Crippen LogP contribution < -0.4 is 25.1 Å². The fraction of sp³-hybridized carbons (Fsp3) is 0.241. The molecule has 1 aliphatic rings. The van der Waals surface area contributed by atoms with E-state index in [1.54, 1.807) is 13.3 Å². The zero-order valence-electron chi connectivity index (χ0n) is 21.4. The number of para-hydroxylation sites is 1. The maximum Gasteiger partial charge on any atom is 0.250 e. The number of piperidine rings is 1. The number of hydrazone groups is 1. The normalized spacial score (nSPS) is 13.3. The molecule has 1 aromatic heterocycles. The Bertz CT molecular complexity index is 1340. The average molecular weight is 510 g/mol. The number of anilines is 4. The zero-order chi connectivity index (χ0) is 26.0. The van der Waals surface area contributed by atoms with Gasteiger partial charge >= 0.3 is 0 Å². The van der Waals surface area contributed by atoms with E-state index in [-0.39, 0.29) is 0 Å². The molecule has 3 aromatic carbocycles. The van der Waals surface area contributed by atoms with Crippen molar-refractivity contribution >= 4 is 29.7 Å². The standard InChI is InChI=1S/C29H31N7O2/c1-37-26-19-23(15-16-25(26)38-21-22-11-5-2-6-12-22)20-30-35-28-32-27(31-24-13-7-3-8-14-24)33-29(34-28)36-17-9-4-10-18-36/h2-3,5-8,11-16,19-20H,4,9-10,17-18,21H2,1H3,(H2,31,32,33,34,35)/b30-20-. The van der Waals surface area contributed by atoms with Crippen molar-refractivity contribution in [2.45, 2.75) is 25.9 Å². The molecular formula is C29H31N7O2. The van der Waals surface area contributed by atoms with Crippen molar-refractivity contribution in [2.75, 3.05) is 35.8 Å². The Labute approximate surface area is 222 Å². The molecular weight excluding hydrogens is 478 g/mol. The first-order valence-corrected chi connectivity index (χ1v) is 12.7. The lowest BCUT2D eigenvalue weighted by Crippen LogP contribution is -2.31. The third kappa shape index (κ3) is 6.76. The van der Waals surface area contributed by atoms with Gasteiger partial charge in [0.05, 0.1) is 13.3 Å². The van der Waals surface area contributed by atoms with Crippen molar-refractivity contribution in [1.29, 1.82) is 0 Å². The highest BCUT2D eigenvalue weighted by Crippen LogP contribution is 2.28. The molecule has 1 saturated heterocycles. The van der Waals surface area contributed by atoms with Crippen LogP contribution in [0.5, 0.6) is 11.5 Å². The van der Waals surface area contributed by atoms with Crippen molar-refractivity contribution in [3.05, 3.63) is 90.0 Å². The fourth-order valence-electron chi connectivity index (χ4n) is 4.14. The van der Waals surface area contributed by atoms with Crippen LogP contribution in [0.4, 0.5) is 23.5 Å². The predicted molar refractivity (Wildman–Crippen MR) is 151 cm³/mol. The highest BCUT2D eigenvalue weighted by Gasteiger charge is 2.16. The van der Waals surface area contributed by atoms with E-state index in [2.05, 4.69) is 35.7 Å². The third-order valence-corrected chi connectivity index (χ3v) is 6.10. The minimum absolute atomic E-state index is 0.366. The van der Waals surface area contributed by atoms with Gasteiger partial charge in [0.2, 0.25) is 17.8 Å². The van der Waals surface area contributed by atoms with Crippen molar-refractivity contribution in [3.63, 3.8) is 0 Å². The van der Waals surface area contributed by atoms with Crippen molar-refractivity contribution in [2.24, 2.45) is 5.10 Å². The van der Waals surface area contributed by atoms with E-state index >= 15 is 0 Å². The number of hydrogen-bond donors (Lipinski definition) is 2. The number of hydrogen-bond acceptors (Lipinski definition) is 9. The lowest BCUT2D eigenvalue weighted by molar-refractivity contribution is 0.284. The molecule has 0 atom stereocenters. The minimum atomic E-state index is 0.366. The molecule has 0 aliphatic carbocycles. The summed E-state index contributed by atoms with van der Waals surface area (Å²) in [5.74, 6) is 2.77. The second-order valence-corrected chi connectivity index (χ2v) is 8.88. The Hall–Kier alpha value is -4.66. The Morgan fingerprint density at radius 1 is 0.842 bits per heavy atom. The molecule has 5 rings (SSSR count). The number of methoxy groups -OCH3 is 1. The fourth-order valence-corrected chi connectivity index (χ4v) is 4.14. The molecule has 194 valence electrons. The maximum absolute atomic E-state index is 5.95. The van der Waals surface area contributed by atoms with Gasteiger partial charge in [-0.2, -0.15) is 20.1 Å². The van der Waals surface area contributed by atoms with Crippen LogP contribution in [0.2, 0.25) is 0 Å². The average Bonchev–Trinajstić information content (AvgIpc) is 2.98. The number of benzene rings is 3. The van der Waals surface area contributed by atoms with Crippen LogP contribution in [-0.2, 0) is 6.61 Å². The van der Waals surface area contributed by atoms with Gasteiger partial charge in [0.15, 0.2) is 11.5 Å². The molecule has 2 N–H and O–H groups in total. The molecule has 4 aromatic rings. The summed E-state index contributed by atoms with van der Waals surface area (Å²) in [4.78, 5) is 16.0. The second-order valence-electron chi connectivity index (χ2n) is 8.88. The molecule has 0 bridgehead atoms. The molecule has 0 unspecified atom stereocenters. The summed E-state index contributed by atoms with van der Waals surface area (Å²) in [5.41, 5.74) is 5.80. The number of aromatic nitrogens is 3. The third-order valence-electron chi connectivity index (χ3n) is 6.10. The maximum atomic E-state index is 5.95. The van der Waals surface area contributed by atoms with E-state index in [0.717, 1.165) is 42.7 Å². The minimum Gasteiger partial charge on any atom is -0.493 e. The van der Waals surface area contributed by atoms with Gasteiger partial charge in [-0.15, -0.1) is 0 Å².